The summed E-state index contributed by atoms with van der Waals surface area (Å²) in [4.78, 5) is 29.1. The number of hydrogen-bond acceptors (Lipinski definition) is 3. The van der Waals surface area contributed by atoms with Crippen molar-refractivity contribution in [3.05, 3.63) is 71.8 Å². The van der Waals surface area contributed by atoms with Crippen LogP contribution in [-0.4, -0.2) is 53.6 Å². The van der Waals surface area contributed by atoms with Gasteiger partial charge < -0.3 is 9.80 Å². The third-order valence-electron chi connectivity index (χ3n) is 5.89. The maximum absolute atomic E-state index is 12.8. The van der Waals surface area contributed by atoms with E-state index >= 15 is 0 Å². The van der Waals surface area contributed by atoms with Gasteiger partial charge >= 0.3 is 6.03 Å². The van der Waals surface area contributed by atoms with Crippen molar-refractivity contribution in [2.45, 2.75) is 25.7 Å². The van der Waals surface area contributed by atoms with Gasteiger partial charge in [0, 0.05) is 43.2 Å². The maximum atomic E-state index is 12.8. The zero-order chi connectivity index (χ0) is 20.8. The zero-order valence-corrected chi connectivity index (χ0v) is 17.2. The number of carbonyl (C=O) groups excluding carboxylic acids is 2. The molecule has 2 aromatic rings. The molecular weight excluding hydrogens is 376 g/mol. The number of benzene rings is 2. The van der Waals surface area contributed by atoms with Crippen LogP contribution in [0.1, 0.15) is 36.8 Å². The Kier molecular flexibility index (Phi) is 6.42. The summed E-state index contributed by atoms with van der Waals surface area (Å²) in [5.41, 5.74) is 5.43. The third-order valence-corrected chi connectivity index (χ3v) is 5.89. The monoisotopic (exact) mass is 404 g/mol. The normalized spacial score (nSPS) is 16.9. The number of piperidine rings is 1. The van der Waals surface area contributed by atoms with Crippen LogP contribution >= 0.6 is 0 Å². The summed E-state index contributed by atoms with van der Waals surface area (Å²) in [6, 6.07) is 19.8. The predicted octanol–water partition coefficient (Wildman–Crippen LogP) is 3.48. The van der Waals surface area contributed by atoms with Gasteiger partial charge in [-0.25, -0.2) is 10.2 Å². The Morgan fingerprint density at radius 3 is 1.80 bits per heavy atom. The highest BCUT2D eigenvalue weighted by Gasteiger charge is 2.30. The zero-order valence-electron chi connectivity index (χ0n) is 17.2. The van der Waals surface area contributed by atoms with E-state index in [0.717, 1.165) is 42.8 Å². The van der Waals surface area contributed by atoms with E-state index in [-0.39, 0.29) is 17.9 Å². The van der Waals surface area contributed by atoms with Crippen LogP contribution in [0.25, 0.3) is 0 Å². The highest BCUT2D eigenvalue weighted by molar-refractivity contribution is 6.13. The molecule has 0 unspecified atom stereocenters. The minimum atomic E-state index is -0.121. The first-order valence-electron chi connectivity index (χ1n) is 10.7. The van der Waals surface area contributed by atoms with E-state index in [9.17, 15) is 9.59 Å². The van der Waals surface area contributed by atoms with Crippen molar-refractivity contribution in [3.63, 3.8) is 0 Å². The molecule has 0 atom stereocenters. The molecule has 3 amide bonds. The maximum Gasteiger partial charge on any atom is 0.319 e. The molecule has 2 aliphatic heterocycles. The molecule has 0 spiro atoms. The van der Waals surface area contributed by atoms with Gasteiger partial charge in [-0.1, -0.05) is 60.7 Å². The van der Waals surface area contributed by atoms with Crippen LogP contribution in [0.4, 0.5) is 4.79 Å². The fourth-order valence-electron chi connectivity index (χ4n) is 4.13. The number of rotatable bonds is 4. The number of carbonyl (C=O) groups is 2. The first-order chi connectivity index (χ1) is 14.7. The Morgan fingerprint density at radius 1 is 0.767 bits per heavy atom. The van der Waals surface area contributed by atoms with E-state index in [1.807, 2.05) is 70.5 Å². The molecule has 0 radical (unpaired) electrons. The molecule has 6 heteroatoms. The Morgan fingerprint density at radius 2 is 1.27 bits per heavy atom. The quantitative estimate of drug-likeness (QED) is 0.626. The number of urea groups is 1. The van der Waals surface area contributed by atoms with E-state index in [1.54, 1.807) is 0 Å². The van der Waals surface area contributed by atoms with Crippen molar-refractivity contribution in [1.29, 1.82) is 0 Å². The van der Waals surface area contributed by atoms with E-state index in [2.05, 4.69) is 10.5 Å². The molecule has 6 nitrogen and oxygen atoms in total. The van der Waals surface area contributed by atoms with Gasteiger partial charge in [0.15, 0.2) is 0 Å². The molecule has 0 aromatic heterocycles. The number of nitrogens with one attached hydrogen (secondary N) is 1. The summed E-state index contributed by atoms with van der Waals surface area (Å²) in [6.07, 6.45) is 3.53. The lowest BCUT2D eigenvalue weighted by molar-refractivity contribution is -0.126. The molecule has 2 heterocycles. The number of nitrogens with zero attached hydrogens (tertiary/aromatic N) is 3. The SMILES string of the molecule is O=C(NN=C(c1ccccc1)c1ccccc1)C1CCN(C(=O)N2CCCC2)CC1. The summed E-state index contributed by atoms with van der Waals surface area (Å²) in [7, 11) is 0. The standard InChI is InChI=1S/C24H28N4O2/c29-23(21-13-17-28(18-14-21)24(30)27-15-7-8-16-27)26-25-22(19-9-3-1-4-10-19)20-11-5-2-6-12-20/h1-6,9-12,21H,7-8,13-18H2,(H,26,29). The van der Waals surface area contributed by atoms with Crippen molar-refractivity contribution in [1.82, 2.24) is 15.2 Å². The highest BCUT2D eigenvalue weighted by Crippen LogP contribution is 2.20. The third kappa shape index (κ3) is 4.70. The molecule has 4 rings (SSSR count). The second-order valence-corrected chi connectivity index (χ2v) is 7.91. The van der Waals surface area contributed by atoms with Crippen molar-refractivity contribution in [2.24, 2.45) is 11.0 Å². The molecule has 2 fully saturated rings. The van der Waals surface area contributed by atoms with Crippen LogP contribution in [0.2, 0.25) is 0 Å². The highest BCUT2D eigenvalue weighted by atomic mass is 16.2. The Labute approximate surface area is 177 Å². The lowest BCUT2D eigenvalue weighted by Gasteiger charge is -2.33. The average molecular weight is 405 g/mol. The number of hydrazone groups is 1. The van der Waals surface area contributed by atoms with E-state index in [4.69, 9.17) is 0 Å². The lowest BCUT2D eigenvalue weighted by atomic mass is 9.96. The average Bonchev–Trinajstić information content (AvgIpc) is 3.35. The Balaban J connectivity index is 1.39. The van der Waals surface area contributed by atoms with Gasteiger partial charge in [0.2, 0.25) is 5.91 Å². The molecule has 30 heavy (non-hydrogen) atoms. The number of amides is 3. The molecule has 2 aromatic carbocycles. The van der Waals surface area contributed by atoms with E-state index < -0.39 is 0 Å². The minimum Gasteiger partial charge on any atom is -0.325 e. The molecule has 1 N–H and O–H groups in total. The molecule has 0 saturated carbocycles. The van der Waals surface area contributed by atoms with Crippen LogP contribution < -0.4 is 5.43 Å². The van der Waals surface area contributed by atoms with Crippen molar-refractivity contribution in [3.8, 4) is 0 Å². The van der Waals surface area contributed by atoms with Crippen molar-refractivity contribution < 1.29 is 9.59 Å². The first kappa shape index (κ1) is 20.1. The number of likely N-dealkylation sites (tertiary alicyclic amines) is 2. The summed E-state index contributed by atoms with van der Waals surface area (Å²) < 4.78 is 0. The van der Waals surface area contributed by atoms with Gasteiger partial charge in [-0.3, -0.25) is 4.79 Å². The van der Waals surface area contributed by atoms with Crippen molar-refractivity contribution in [2.75, 3.05) is 26.2 Å². The predicted molar refractivity (Wildman–Crippen MR) is 117 cm³/mol. The van der Waals surface area contributed by atoms with E-state index in [0.29, 0.717) is 25.9 Å². The molecule has 2 aliphatic rings. The van der Waals surface area contributed by atoms with Crippen LogP contribution in [0, 0.1) is 5.92 Å². The van der Waals surface area contributed by atoms with E-state index in [1.165, 1.54) is 0 Å². The summed E-state index contributed by atoms with van der Waals surface area (Å²) >= 11 is 0. The molecule has 0 bridgehead atoms. The van der Waals surface area contributed by atoms with Gasteiger partial charge in [-0.05, 0) is 25.7 Å². The molecule has 2 saturated heterocycles. The minimum absolute atomic E-state index is 0.0763. The first-order valence-corrected chi connectivity index (χ1v) is 10.7. The van der Waals surface area contributed by atoms with Crippen molar-refractivity contribution >= 4 is 17.6 Å². The second kappa shape index (κ2) is 9.57. The van der Waals surface area contributed by atoms with Crippen LogP contribution in [0.3, 0.4) is 0 Å². The van der Waals surface area contributed by atoms with Gasteiger partial charge in [0.1, 0.15) is 0 Å². The van der Waals surface area contributed by atoms with Gasteiger partial charge in [0.25, 0.3) is 0 Å². The van der Waals surface area contributed by atoms with Gasteiger partial charge in [-0.15, -0.1) is 0 Å². The molecule has 156 valence electrons. The lowest BCUT2D eigenvalue weighted by Crippen LogP contribution is -2.47. The largest absolute Gasteiger partial charge is 0.325 e. The summed E-state index contributed by atoms with van der Waals surface area (Å²) in [5, 5.41) is 4.48. The fourth-order valence-corrected chi connectivity index (χ4v) is 4.13. The van der Waals surface area contributed by atoms with Crippen LogP contribution in [-0.2, 0) is 4.79 Å². The van der Waals surface area contributed by atoms with Gasteiger partial charge in [-0.2, -0.15) is 5.10 Å². The Bertz CT molecular complexity index is 842. The number of hydrogen-bond donors (Lipinski definition) is 1. The summed E-state index contributed by atoms with van der Waals surface area (Å²) in [6.45, 7) is 2.97. The van der Waals surface area contributed by atoms with Crippen LogP contribution in [0.5, 0.6) is 0 Å². The van der Waals surface area contributed by atoms with Crippen LogP contribution in [0.15, 0.2) is 65.8 Å². The molecular formula is C24H28N4O2. The van der Waals surface area contributed by atoms with Gasteiger partial charge in [0.05, 0.1) is 5.71 Å². The smallest absolute Gasteiger partial charge is 0.319 e. The summed E-state index contributed by atoms with van der Waals surface area (Å²) in [5.74, 6) is -0.197. The second-order valence-electron chi connectivity index (χ2n) is 7.91. The Hall–Kier alpha value is -3.15. The topological polar surface area (TPSA) is 65.0 Å². The fraction of sp³-hybridized carbons (Fsp3) is 0.375. The molecule has 0 aliphatic carbocycles.